The van der Waals surface area contributed by atoms with Crippen LogP contribution in [0.15, 0.2) is 48.5 Å². The van der Waals surface area contributed by atoms with Crippen LogP contribution in [0.25, 0.3) is 0 Å². The zero-order valence-corrected chi connectivity index (χ0v) is 15.7. The molecule has 27 heavy (non-hydrogen) atoms. The maximum atomic E-state index is 12.4. The molecule has 0 atom stereocenters. The Labute approximate surface area is 160 Å². The van der Waals surface area contributed by atoms with E-state index in [1.54, 1.807) is 36.4 Å². The predicted molar refractivity (Wildman–Crippen MR) is 107 cm³/mol. The van der Waals surface area contributed by atoms with Gasteiger partial charge in [-0.2, -0.15) is 0 Å². The molecule has 0 saturated heterocycles. The number of carbonyl (C=O) groups is 2. The quantitative estimate of drug-likeness (QED) is 0.623. The van der Waals surface area contributed by atoms with E-state index in [1.807, 2.05) is 12.1 Å². The van der Waals surface area contributed by atoms with E-state index in [0.717, 1.165) is 43.5 Å². The molecule has 1 saturated carbocycles. The van der Waals surface area contributed by atoms with E-state index >= 15 is 0 Å². The summed E-state index contributed by atoms with van der Waals surface area (Å²) in [6, 6.07) is 14.3. The minimum Gasteiger partial charge on any atom is -0.494 e. The SMILES string of the molecule is CCCCCOc1ccc(C(=O)Nc2ccc(NC(=O)C3CC3)cc2)cc1. The number of rotatable bonds is 9. The lowest BCUT2D eigenvalue weighted by molar-refractivity contribution is -0.117. The summed E-state index contributed by atoms with van der Waals surface area (Å²) in [5, 5.41) is 5.74. The normalized spacial score (nSPS) is 13.1. The Morgan fingerprint density at radius 2 is 1.56 bits per heavy atom. The van der Waals surface area contributed by atoms with Gasteiger partial charge in [-0.25, -0.2) is 0 Å². The highest BCUT2D eigenvalue weighted by molar-refractivity contribution is 6.04. The van der Waals surface area contributed by atoms with Gasteiger partial charge in [0.25, 0.3) is 5.91 Å². The molecule has 0 aliphatic heterocycles. The van der Waals surface area contributed by atoms with Crippen molar-refractivity contribution in [3.63, 3.8) is 0 Å². The molecular weight excluding hydrogens is 340 g/mol. The fourth-order valence-corrected chi connectivity index (χ4v) is 2.67. The van der Waals surface area contributed by atoms with E-state index in [2.05, 4.69) is 17.6 Å². The van der Waals surface area contributed by atoms with E-state index in [4.69, 9.17) is 4.74 Å². The highest BCUT2D eigenvalue weighted by Crippen LogP contribution is 2.30. The van der Waals surface area contributed by atoms with Crippen molar-refractivity contribution in [2.75, 3.05) is 17.2 Å². The average molecular weight is 366 g/mol. The van der Waals surface area contributed by atoms with E-state index in [9.17, 15) is 9.59 Å². The molecule has 1 aliphatic rings. The number of unbranched alkanes of at least 4 members (excludes halogenated alkanes) is 2. The lowest BCUT2D eigenvalue weighted by Crippen LogP contribution is -2.14. The average Bonchev–Trinajstić information content (AvgIpc) is 3.53. The number of anilines is 2. The Morgan fingerprint density at radius 3 is 2.15 bits per heavy atom. The third-order valence-corrected chi connectivity index (χ3v) is 4.49. The number of ether oxygens (including phenoxy) is 1. The van der Waals surface area contributed by atoms with Gasteiger partial charge >= 0.3 is 0 Å². The van der Waals surface area contributed by atoms with E-state index in [1.165, 1.54) is 0 Å². The topological polar surface area (TPSA) is 67.4 Å². The second-order valence-electron chi connectivity index (χ2n) is 6.87. The molecular formula is C22H26N2O3. The summed E-state index contributed by atoms with van der Waals surface area (Å²) < 4.78 is 5.66. The lowest BCUT2D eigenvalue weighted by Gasteiger charge is -2.09. The molecule has 3 rings (SSSR count). The van der Waals surface area contributed by atoms with E-state index < -0.39 is 0 Å². The zero-order chi connectivity index (χ0) is 19.1. The van der Waals surface area contributed by atoms with Crippen molar-refractivity contribution in [1.29, 1.82) is 0 Å². The lowest BCUT2D eigenvalue weighted by atomic mass is 10.2. The Bertz CT molecular complexity index is 765. The molecule has 0 radical (unpaired) electrons. The number of carbonyl (C=O) groups excluding carboxylic acids is 2. The number of amides is 2. The van der Waals surface area contributed by atoms with Gasteiger partial charge in [-0.15, -0.1) is 0 Å². The maximum Gasteiger partial charge on any atom is 0.255 e. The van der Waals surface area contributed by atoms with Crippen LogP contribution < -0.4 is 15.4 Å². The van der Waals surface area contributed by atoms with Crippen molar-refractivity contribution in [3.05, 3.63) is 54.1 Å². The minimum atomic E-state index is -0.178. The van der Waals surface area contributed by atoms with Crippen LogP contribution in [-0.2, 0) is 4.79 Å². The molecule has 5 heteroatoms. The van der Waals surface area contributed by atoms with Crippen LogP contribution in [0, 0.1) is 5.92 Å². The third kappa shape index (κ3) is 5.84. The van der Waals surface area contributed by atoms with Gasteiger partial charge in [0, 0.05) is 22.9 Å². The minimum absolute atomic E-state index is 0.0730. The summed E-state index contributed by atoms with van der Waals surface area (Å²) in [4.78, 5) is 24.1. The Morgan fingerprint density at radius 1 is 0.926 bits per heavy atom. The molecule has 142 valence electrons. The smallest absolute Gasteiger partial charge is 0.255 e. The third-order valence-electron chi connectivity index (χ3n) is 4.49. The van der Waals surface area contributed by atoms with Gasteiger partial charge < -0.3 is 15.4 Å². The summed E-state index contributed by atoms with van der Waals surface area (Å²) >= 11 is 0. The highest BCUT2D eigenvalue weighted by Gasteiger charge is 2.29. The maximum absolute atomic E-state index is 12.4. The van der Waals surface area contributed by atoms with Crippen LogP contribution in [0.3, 0.4) is 0 Å². The van der Waals surface area contributed by atoms with Crippen molar-refractivity contribution >= 4 is 23.2 Å². The summed E-state index contributed by atoms with van der Waals surface area (Å²) in [5.41, 5.74) is 2.00. The summed E-state index contributed by atoms with van der Waals surface area (Å²) in [7, 11) is 0. The molecule has 0 heterocycles. The first kappa shape index (κ1) is 19.0. The molecule has 2 aromatic rings. The molecule has 0 aromatic heterocycles. The molecule has 2 N–H and O–H groups in total. The molecule has 1 fully saturated rings. The number of hydrogen-bond acceptors (Lipinski definition) is 3. The van der Waals surface area contributed by atoms with Crippen molar-refractivity contribution in [3.8, 4) is 5.75 Å². The van der Waals surface area contributed by atoms with Crippen molar-refractivity contribution in [2.45, 2.75) is 39.0 Å². The number of nitrogens with one attached hydrogen (secondary N) is 2. The summed E-state index contributed by atoms with van der Waals surface area (Å²) in [5.74, 6) is 0.840. The molecule has 0 spiro atoms. The second kappa shape index (κ2) is 9.21. The molecule has 5 nitrogen and oxygen atoms in total. The van der Waals surface area contributed by atoms with Crippen LogP contribution in [0.5, 0.6) is 5.75 Å². The molecule has 1 aliphatic carbocycles. The first-order chi connectivity index (χ1) is 13.2. The first-order valence-electron chi connectivity index (χ1n) is 9.61. The van der Waals surface area contributed by atoms with Crippen molar-refractivity contribution < 1.29 is 14.3 Å². The van der Waals surface area contributed by atoms with Crippen LogP contribution in [0.2, 0.25) is 0 Å². The van der Waals surface area contributed by atoms with Gasteiger partial charge in [0.1, 0.15) is 5.75 Å². The Balaban J connectivity index is 1.49. The highest BCUT2D eigenvalue weighted by atomic mass is 16.5. The van der Waals surface area contributed by atoms with Gasteiger partial charge in [0.05, 0.1) is 6.61 Å². The fraction of sp³-hybridized carbons (Fsp3) is 0.364. The van der Waals surface area contributed by atoms with Gasteiger partial charge in [0.15, 0.2) is 0 Å². The van der Waals surface area contributed by atoms with Crippen LogP contribution >= 0.6 is 0 Å². The van der Waals surface area contributed by atoms with Crippen LogP contribution in [0.1, 0.15) is 49.4 Å². The Kier molecular flexibility index (Phi) is 6.47. The van der Waals surface area contributed by atoms with Crippen LogP contribution in [0.4, 0.5) is 11.4 Å². The molecule has 2 aromatic carbocycles. The van der Waals surface area contributed by atoms with Gasteiger partial charge in [-0.05, 0) is 67.8 Å². The molecule has 0 unspecified atom stereocenters. The van der Waals surface area contributed by atoms with E-state index in [-0.39, 0.29) is 17.7 Å². The second-order valence-corrected chi connectivity index (χ2v) is 6.87. The Hall–Kier alpha value is -2.82. The summed E-state index contributed by atoms with van der Waals surface area (Å²) in [6.07, 6.45) is 5.31. The fourth-order valence-electron chi connectivity index (χ4n) is 2.67. The van der Waals surface area contributed by atoms with Crippen molar-refractivity contribution in [1.82, 2.24) is 0 Å². The molecule has 0 bridgehead atoms. The number of benzene rings is 2. The zero-order valence-electron chi connectivity index (χ0n) is 15.7. The summed E-state index contributed by atoms with van der Waals surface area (Å²) in [6.45, 7) is 2.86. The van der Waals surface area contributed by atoms with Gasteiger partial charge in [0.2, 0.25) is 5.91 Å². The van der Waals surface area contributed by atoms with Gasteiger partial charge in [-0.3, -0.25) is 9.59 Å². The number of hydrogen-bond donors (Lipinski definition) is 2. The van der Waals surface area contributed by atoms with Crippen molar-refractivity contribution in [2.24, 2.45) is 5.92 Å². The van der Waals surface area contributed by atoms with E-state index in [0.29, 0.717) is 17.9 Å². The predicted octanol–water partition coefficient (Wildman–Crippen LogP) is 4.86. The van der Waals surface area contributed by atoms with Crippen LogP contribution in [-0.4, -0.2) is 18.4 Å². The molecule has 2 amide bonds. The largest absolute Gasteiger partial charge is 0.494 e. The van der Waals surface area contributed by atoms with Gasteiger partial charge in [-0.1, -0.05) is 19.8 Å². The standard InChI is InChI=1S/C22H26N2O3/c1-2-3-4-15-27-20-13-7-17(8-14-20)22(26)24-19-11-9-18(10-12-19)23-21(25)16-5-6-16/h7-14,16H,2-6,15H2,1H3,(H,23,25)(H,24,26). The monoisotopic (exact) mass is 366 g/mol. The first-order valence-corrected chi connectivity index (χ1v) is 9.61.